The Bertz CT molecular complexity index is 627. The summed E-state index contributed by atoms with van der Waals surface area (Å²) in [5.41, 5.74) is 7.09. The largest absolute Gasteiger partial charge is 0.383 e. The van der Waals surface area contributed by atoms with Gasteiger partial charge in [0.15, 0.2) is 0 Å². The lowest BCUT2D eigenvalue weighted by Gasteiger charge is -2.26. The molecule has 0 atom stereocenters. The lowest BCUT2D eigenvalue weighted by atomic mass is 10.1. The summed E-state index contributed by atoms with van der Waals surface area (Å²) in [4.78, 5) is 23.7. The minimum Gasteiger partial charge on any atom is -0.383 e. The molecule has 2 N–H and O–H groups in total. The van der Waals surface area contributed by atoms with Crippen LogP contribution in [0, 0.1) is 0 Å². The molecule has 0 fully saturated rings. The number of anilines is 1. The zero-order valence-corrected chi connectivity index (χ0v) is 11.1. The molecule has 0 radical (unpaired) electrons. The van der Waals surface area contributed by atoms with E-state index in [1.165, 1.54) is 11.9 Å². The van der Waals surface area contributed by atoms with Crippen LogP contribution in [0.3, 0.4) is 0 Å². The highest BCUT2D eigenvalue weighted by atomic mass is 35.5. The van der Waals surface area contributed by atoms with Gasteiger partial charge >= 0.3 is 0 Å². The molecule has 0 aromatic carbocycles. The SMILES string of the molecule is Nc1ncnc2sc3c(c12)CCN(C(=O)CCl)C3. The van der Waals surface area contributed by atoms with E-state index in [0.717, 1.165) is 21.5 Å². The Labute approximate surface area is 113 Å². The number of hydrogen-bond acceptors (Lipinski definition) is 5. The Balaban J connectivity index is 2.05. The van der Waals surface area contributed by atoms with Gasteiger partial charge in [-0.05, 0) is 12.0 Å². The van der Waals surface area contributed by atoms with Gasteiger partial charge < -0.3 is 10.6 Å². The summed E-state index contributed by atoms with van der Waals surface area (Å²) < 4.78 is 0. The molecule has 1 aliphatic heterocycles. The van der Waals surface area contributed by atoms with Crippen LogP contribution in [0.25, 0.3) is 10.2 Å². The number of rotatable bonds is 1. The third-order valence-corrected chi connectivity index (χ3v) is 4.49. The predicted octanol–water partition coefficient (Wildman–Crippen LogP) is 1.40. The first kappa shape index (κ1) is 11.7. The second kappa shape index (κ2) is 4.37. The van der Waals surface area contributed by atoms with Gasteiger partial charge in [-0.15, -0.1) is 22.9 Å². The number of hydrogen-bond donors (Lipinski definition) is 1. The standard InChI is InChI=1S/C11H11ClN4OS/c12-3-8(17)16-2-1-6-7(4-16)18-11-9(6)10(13)14-5-15-11/h5H,1-4H2,(H2,13,14,15). The first-order chi connectivity index (χ1) is 8.70. The molecule has 0 bridgehead atoms. The van der Waals surface area contributed by atoms with E-state index in [4.69, 9.17) is 17.3 Å². The number of carbonyl (C=O) groups excluding carboxylic acids is 1. The number of halogens is 1. The molecule has 2 aromatic heterocycles. The number of nitrogen functional groups attached to an aromatic ring is 1. The monoisotopic (exact) mass is 282 g/mol. The molecule has 1 amide bonds. The van der Waals surface area contributed by atoms with Crippen molar-refractivity contribution in [1.82, 2.24) is 14.9 Å². The van der Waals surface area contributed by atoms with Crippen LogP contribution in [0.4, 0.5) is 5.82 Å². The van der Waals surface area contributed by atoms with Crippen molar-refractivity contribution in [1.29, 1.82) is 0 Å². The number of amides is 1. The van der Waals surface area contributed by atoms with Crippen LogP contribution in [0.1, 0.15) is 10.4 Å². The van der Waals surface area contributed by atoms with E-state index in [1.54, 1.807) is 16.2 Å². The van der Waals surface area contributed by atoms with Gasteiger partial charge in [-0.3, -0.25) is 4.79 Å². The summed E-state index contributed by atoms with van der Waals surface area (Å²) >= 11 is 7.16. The zero-order chi connectivity index (χ0) is 12.7. The summed E-state index contributed by atoms with van der Waals surface area (Å²) in [6.07, 6.45) is 2.26. The molecule has 0 spiro atoms. The Morgan fingerprint density at radius 3 is 3.17 bits per heavy atom. The van der Waals surface area contributed by atoms with Crippen LogP contribution < -0.4 is 5.73 Å². The van der Waals surface area contributed by atoms with Gasteiger partial charge in [-0.25, -0.2) is 9.97 Å². The predicted molar refractivity (Wildman–Crippen MR) is 71.7 cm³/mol. The number of nitrogens with two attached hydrogens (primary N) is 1. The smallest absolute Gasteiger partial charge is 0.237 e. The van der Waals surface area contributed by atoms with Crippen LogP contribution in [-0.4, -0.2) is 33.2 Å². The highest BCUT2D eigenvalue weighted by Crippen LogP contribution is 2.36. The van der Waals surface area contributed by atoms with E-state index in [-0.39, 0.29) is 11.8 Å². The summed E-state index contributed by atoms with van der Waals surface area (Å²) in [5, 5.41) is 0.954. The van der Waals surface area contributed by atoms with Gasteiger partial charge in [0.05, 0.1) is 11.9 Å². The van der Waals surface area contributed by atoms with Gasteiger partial charge in [0.25, 0.3) is 0 Å². The van der Waals surface area contributed by atoms with E-state index in [9.17, 15) is 4.79 Å². The van der Waals surface area contributed by atoms with E-state index in [0.29, 0.717) is 18.9 Å². The highest BCUT2D eigenvalue weighted by molar-refractivity contribution is 7.19. The highest BCUT2D eigenvalue weighted by Gasteiger charge is 2.25. The third-order valence-electron chi connectivity index (χ3n) is 3.13. The fraction of sp³-hybridized carbons (Fsp3) is 0.364. The maximum absolute atomic E-state index is 11.6. The lowest BCUT2D eigenvalue weighted by molar-refractivity contribution is -0.129. The van der Waals surface area contributed by atoms with Crippen molar-refractivity contribution >= 4 is 44.9 Å². The second-order valence-electron chi connectivity index (χ2n) is 4.14. The van der Waals surface area contributed by atoms with Crippen LogP contribution in [-0.2, 0) is 17.8 Å². The third kappa shape index (κ3) is 1.72. The lowest BCUT2D eigenvalue weighted by Crippen LogP contribution is -2.36. The Hall–Kier alpha value is -1.40. The molecule has 0 unspecified atom stereocenters. The molecule has 0 aliphatic carbocycles. The van der Waals surface area contributed by atoms with Crippen LogP contribution in [0.2, 0.25) is 0 Å². The van der Waals surface area contributed by atoms with E-state index in [2.05, 4.69) is 9.97 Å². The fourth-order valence-corrected chi connectivity index (χ4v) is 3.63. The first-order valence-corrected chi connectivity index (χ1v) is 6.90. The maximum Gasteiger partial charge on any atom is 0.237 e. The normalized spacial score (nSPS) is 14.8. The van der Waals surface area contributed by atoms with Crippen LogP contribution >= 0.6 is 22.9 Å². The number of nitrogens with zero attached hydrogens (tertiary/aromatic N) is 3. The average molecular weight is 283 g/mol. The number of carbonyl (C=O) groups is 1. The summed E-state index contributed by atoms with van der Waals surface area (Å²) in [6, 6.07) is 0. The summed E-state index contributed by atoms with van der Waals surface area (Å²) in [5.74, 6) is 0.524. The van der Waals surface area contributed by atoms with E-state index >= 15 is 0 Å². The summed E-state index contributed by atoms with van der Waals surface area (Å²) in [6.45, 7) is 1.28. The number of aromatic nitrogens is 2. The van der Waals surface area contributed by atoms with E-state index < -0.39 is 0 Å². The molecule has 7 heteroatoms. The molecule has 3 rings (SSSR count). The molecular formula is C11H11ClN4OS. The van der Waals surface area contributed by atoms with Crippen LogP contribution in [0.5, 0.6) is 0 Å². The molecule has 0 saturated carbocycles. The Morgan fingerprint density at radius 1 is 1.56 bits per heavy atom. The summed E-state index contributed by atoms with van der Waals surface area (Å²) in [7, 11) is 0. The number of fused-ring (bicyclic) bond motifs is 3. The molecule has 3 heterocycles. The molecule has 94 valence electrons. The molecule has 18 heavy (non-hydrogen) atoms. The van der Waals surface area contributed by atoms with Gasteiger partial charge in [0.1, 0.15) is 22.9 Å². The fourth-order valence-electron chi connectivity index (χ4n) is 2.25. The van der Waals surface area contributed by atoms with Gasteiger partial charge in [0.2, 0.25) is 5.91 Å². The first-order valence-electron chi connectivity index (χ1n) is 5.55. The van der Waals surface area contributed by atoms with Crippen molar-refractivity contribution < 1.29 is 4.79 Å². The van der Waals surface area contributed by atoms with Crippen molar-refractivity contribution in [2.75, 3.05) is 18.2 Å². The van der Waals surface area contributed by atoms with Crippen molar-refractivity contribution in [3.05, 3.63) is 16.8 Å². The van der Waals surface area contributed by atoms with Crippen molar-refractivity contribution in [3.8, 4) is 0 Å². The van der Waals surface area contributed by atoms with Crippen molar-refractivity contribution in [2.24, 2.45) is 0 Å². The maximum atomic E-state index is 11.6. The Kier molecular flexibility index (Phi) is 2.83. The Morgan fingerprint density at radius 2 is 2.39 bits per heavy atom. The molecular weight excluding hydrogens is 272 g/mol. The van der Waals surface area contributed by atoms with Crippen molar-refractivity contribution in [2.45, 2.75) is 13.0 Å². The van der Waals surface area contributed by atoms with Gasteiger partial charge in [0, 0.05) is 11.4 Å². The van der Waals surface area contributed by atoms with E-state index in [1.807, 2.05) is 0 Å². The molecule has 0 saturated heterocycles. The molecule has 1 aliphatic rings. The second-order valence-corrected chi connectivity index (χ2v) is 5.49. The topological polar surface area (TPSA) is 72.1 Å². The molecule has 2 aromatic rings. The van der Waals surface area contributed by atoms with Crippen molar-refractivity contribution in [3.63, 3.8) is 0 Å². The quantitative estimate of drug-likeness (QED) is 0.803. The molecule has 5 nitrogen and oxygen atoms in total. The minimum absolute atomic E-state index is 0.0289. The van der Waals surface area contributed by atoms with Crippen LogP contribution in [0.15, 0.2) is 6.33 Å². The minimum atomic E-state index is -0.0289. The zero-order valence-electron chi connectivity index (χ0n) is 9.52. The van der Waals surface area contributed by atoms with Gasteiger partial charge in [-0.2, -0.15) is 0 Å². The number of thiophene rings is 1. The average Bonchev–Trinajstić information content (AvgIpc) is 2.76. The van der Waals surface area contributed by atoms with Gasteiger partial charge in [-0.1, -0.05) is 0 Å². The number of alkyl halides is 1.